The van der Waals surface area contributed by atoms with Gasteiger partial charge in [-0.25, -0.2) is 0 Å². The normalized spacial score (nSPS) is 12.9. The summed E-state index contributed by atoms with van der Waals surface area (Å²) in [6.07, 6.45) is 5.66. The van der Waals surface area contributed by atoms with Gasteiger partial charge in [0.15, 0.2) is 11.5 Å². The summed E-state index contributed by atoms with van der Waals surface area (Å²) in [6.45, 7) is 0.707. The van der Waals surface area contributed by atoms with E-state index in [1.54, 1.807) is 13.3 Å². The van der Waals surface area contributed by atoms with Gasteiger partial charge in [0.25, 0.3) is 0 Å². The SMILES string of the molecule is COc1ccc(N(Cc2cccnc2)c2ccccc2)cc1OC1Cc2ccccc2C1. The fraction of sp³-hybridized carbons (Fsp3) is 0.179. The van der Waals surface area contributed by atoms with E-state index in [2.05, 4.69) is 76.6 Å². The number of fused-ring (bicyclic) bond motifs is 1. The lowest BCUT2D eigenvalue weighted by atomic mass is 10.1. The Morgan fingerprint density at radius 1 is 0.812 bits per heavy atom. The molecule has 3 aromatic carbocycles. The number of hydrogen-bond donors (Lipinski definition) is 0. The molecule has 1 aliphatic carbocycles. The van der Waals surface area contributed by atoms with Gasteiger partial charge in [0.1, 0.15) is 6.10 Å². The number of nitrogens with zero attached hydrogens (tertiary/aromatic N) is 2. The fourth-order valence-corrected chi connectivity index (χ4v) is 4.32. The lowest BCUT2D eigenvalue weighted by Gasteiger charge is -2.26. The van der Waals surface area contributed by atoms with E-state index in [0.717, 1.165) is 41.3 Å². The zero-order valence-electron chi connectivity index (χ0n) is 18.1. The van der Waals surface area contributed by atoms with E-state index in [9.17, 15) is 0 Å². The van der Waals surface area contributed by atoms with Crippen LogP contribution in [0.2, 0.25) is 0 Å². The molecule has 32 heavy (non-hydrogen) atoms. The Morgan fingerprint density at radius 3 is 2.25 bits per heavy atom. The molecule has 0 fully saturated rings. The summed E-state index contributed by atoms with van der Waals surface area (Å²) in [5, 5.41) is 0. The Labute approximate surface area is 189 Å². The van der Waals surface area contributed by atoms with Crippen molar-refractivity contribution in [1.82, 2.24) is 4.98 Å². The van der Waals surface area contributed by atoms with Crippen LogP contribution in [0.5, 0.6) is 11.5 Å². The molecule has 0 saturated heterocycles. The maximum atomic E-state index is 6.49. The Hall–Kier alpha value is -3.79. The topological polar surface area (TPSA) is 34.6 Å². The van der Waals surface area contributed by atoms with Gasteiger partial charge in [-0.2, -0.15) is 0 Å². The van der Waals surface area contributed by atoms with Gasteiger partial charge in [-0.05, 0) is 47.0 Å². The molecule has 160 valence electrons. The van der Waals surface area contributed by atoms with Crippen molar-refractivity contribution in [3.8, 4) is 11.5 Å². The molecule has 0 radical (unpaired) electrons. The predicted octanol–water partition coefficient (Wildman–Crippen LogP) is 5.97. The molecule has 0 N–H and O–H groups in total. The predicted molar refractivity (Wildman–Crippen MR) is 128 cm³/mol. The van der Waals surface area contributed by atoms with Crippen LogP contribution >= 0.6 is 0 Å². The molecular formula is C28H26N2O2. The van der Waals surface area contributed by atoms with Crippen LogP contribution in [0.15, 0.2) is 97.3 Å². The summed E-state index contributed by atoms with van der Waals surface area (Å²) in [6, 6.07) is 29.2. The first kappa shape index (κ1) is 20.1. The van der Waals surface area contributed by atoms with E-state index in [-0.39, 0.29) is 6.10 Å². The first-order valence-electron chi connectivity index (χ1n) is 10.9. The molecule has 4 nitrogen and oxygen atoms in total. The summed E-state index contributed by atoms with van der Waals surface area (Å²) < 4.78 is 12.1. The Balaban J connectivity index is 1.46. The van der Waals surface area contributed by atoms with Crippen LogP contribution < -0.4 is 14.4 Å². The quantitative estimate of drug-likeness (QED) is 0.367. The highest BCUT2D eigenvalue weighted by Gasteiger charge is 2.24. The van der Waals surface area contributed by atoms with Crippen molar-refractivity contribution in [2.45, 2.75) is 25.5 Å². The highest BCUT2D eigenvalue weighted by Crippen LogP contribution is 2.37. The van der Waals surface area contributed by atoms with Crippen LogP contribution in [-0.4, -0.2) is 18.2 Å². The first-order chi connectivity index (χ1) is 15.8. The summed E-state index contributed by atoms with van der Waals surface area (Å²) in [5.74, 6) is 1.52. The molecule has 1 heterocycles. The van der Waals surface area contributed by atoms with Crippen molar-refractivity contribution in [1.29, 1.82) is 0 Å². The maximum absolute atomic E-state index is 6.49. The lowest BCUT2D eigenvalue weighted by molar-refractivity contribution is 0.204. The second-order valence-electron chi connectivity index (χ2n) is 8.03. The monoisotopic (exact) mass is 422 g/mol. The summed E-state index contributed by atoms with van der Waals surface area (Å²) >= 11 is 0. The van der Waals surface area contributed by atoms with Gasteiger partial charge >= 0.3 is 0 Å². The number of hydrogen-bond acceptors (Lipinski definition) is 4. The molecule has 0 bridgehead atoms. The van der Waals surface area contributed by atoms with Crippen LogP contribution in [0.25, 0.3) is 0 Å². The number of rotatable bonds is 7. The molecule has 0 aliphatic heterocycles. The second kappa shape index (κ2) is 9.15. The van der Waals surface area contributed by atoms with Gasteiger partial charge in [0.05, 0.1) is 7.11 Å². The van der Waals surface area contributed by atoms with Crippen molar-refractivity contribution in [2.24, 2.45) is 0 Å². The van der Waals surface area contributed by atoms with Gasteiger partial charge in [-0.1, -0.05) is 48.5 Å². The molecule has 4 aromatic rings. The van der Waals surface area contributed by atoms with Crippen molar-refractivity contribution in [3.05, 3.63) is 114 Å². The fourth-order valence-electron chi connectivity index (χ4n) is 4.32. The molecule has 0 unspecified atom stereocenters. The van der Waals surface area contributed by atoms with Gasteiger partial charge in [0.2, 0.25) is 0 Å². The number of pyridine rings is 1. The second-order valence-corrected chi connectivity index (χ2v) is 8.03. The highest BCUT2D eigenvalue weighted by molar-refractivity contribution is 5.66. The van der Waals surface area contributed by atoms with E-state index in [1.165, 1.54) is 11.1 Å². The van der Waals surface area contributed by atoms with Gasteiger partial charge < -0.3 is 14.4 Å². The zero-order valence-corrected chi connectivity index (χ0v) is 18.1. The zero-order chi connectivity index (χ0) is 21.8. The molecular weight excluding hydrogens is 396 g/mol. The number of aromatic nitrogens is 1. The standard InChI is InChI=1S/C28H26N2O2/c1-31-27-14-13-25(18-28(27)32-26-16-22-9-5-6-10-23(22)17-26)30(24-11-3-2-4-12-24)20-21-8-7-15-29-19-21/h2-15,18-19,26H,16-17,20H2,1H3. The molecule has 0 atom stereocenters. The van der Waals surface area contributed by atoms with Crippen LogP contribution in [0.1, 0.15) is 16.7 Å². The minimum atomic E-state index is 0.111. The third kappa shape index (κ3) is 4.30. The maximum Gasteiger partial charge on any atom is 0.163 e. The molecule has 0 amide bonds. The minimum Gasteiger partial charge on any atom is -0.493 e. The van der Waals surface area contributed by atoms with Crippen molar-refractivity contribution >= 4 is 11.4 Å². The number of ether oxygens (including phenoxy) is 2. The number of methoxy groups -OCH3 is 1. The smallest absolute Gasteiger partial charge is 0.163 e. The Kier molecular flexibility index (Phi) is 5.75. The molecule has 1 aromatic heterocycles. The van der Waals surface area contributed by atoms with E-state index in [1.807, 2.05) is 24.4 Å². The van der Waals surface area contributed by atoms with E-state index in [4.69, 9.17) is 9.47 Å². The van der Waals surface area contributed by atoms with Crippen LogP contribution in [0.4, 0.5) is 11.4 Å². The number of para-hydroxylation sites is 1. The lowest BCUT2D eigenvalue weighted by Crippen LogP contribution is -2.19. The average Bonchev–Trinajstić information content (AvgIpc) is 3.26. The van der Waals surface area contributed by atoms with Crippen LogP contribution in [-0.2, 0) is 19.4 Å². The van der Waals surface area contributed by atoms with Crippen molar-refractivity contribution in [3.63, 3.8) is 0 Å². The minimum absolute atomic E-state index is 0.111. The molecule has 4 heteroatoms. The third-order valence-electron chi connectivity index (χ3n) is 5.90. The Bertz CT molecular complexity index is 1150. The summed E-state index contributed by atoms with van der Waals surface area (Å²) in [5.41, 5.74) is 6.04. The van der Waals surface area contributed by atoms with Crippen LogP contribution in [0, 0.1) is 0 Å². The van der Waals surface area contributed by atoms with Gasteiger partial charge in [0, 0.05) is 49.2 Å². The highest BCUT2D eigenvalue weighted by atomic mass is 16.5. The first-order valence-corrected chi connectivity index (χ1v) is 10.9. The van der Waals surface area contributed by atoms with Crippen LogP contribution in [0.3, 0.4) is 0 Å². The third-order valence-corrected chi connectivity index (χ3v) is 5.90. The van der Waals surface area contributed by atoms with Gasteiger partial charge in [-0.15, -0.1) is 0 Å². The Morgan fingerprint density at radius 2 is 1.56 bits per heavy atom. The van der Waals surface area contributed by atoms with Gasteiger partial charge in [-0.3, -0.25) is 4.98 Å². The summed E-state index contributed by atoms with van der Waals surface area (Å²) in [7, 11) is 1.69. The van der Waals surface area contributed by atoms with E-state index < -0.39 is 0 Å². The largest absolute Gasteiger partial charge is 0.493 e. The molecule has 0 spiro atoms. The van der Waals surface area contributed by atoms with E-state index in [0.29, 0.717) is 6.54 Å². The average molecular weight is 423 g/mol. The molecule has 1 aliphatic rings. The van der Waals surface area contributed by atoms with Crippen molar-refractivity contribution < 1.29 is 9.47 Å². The number of benzene rings is 3. The molecule has 0 saturated carbocycles. The van der Waals surface area contributed by atoms with Crippen molar-refractivity contribution in [2.75, 3.05) is 12.0 Å². The molecule has 5 rings (SSSR count). The summed E-state index contributed by atoms with van der Waals surface area (Å²) in [4.78, 5) is 6.56. The number of anilines is 2. The van der Waals surface area contributed by atoms with E-state index >= 15 is 0 Å².